The fourth-order valence-electron chi connectivity index (χ4n) is 2.00. The van der Waals surface area contributed by atoms with E-state index in [-0.39, 0.29) is 11.9 Å². The van der Waals surface area contributed by atoms with E-state index in [1.54, 1.807) is 12.1 Å². The van der Waals surface area contributed by atoms with Crippen molar-refractivity contribution in [3.05, 3.63) is 48.3 Å². The van der Waals surface area contributed by atoms with Crippen molar-refractivity contribution in [2.75, 3.05) is 0 Å². The molecule has 1 nitrogen and oxygen atoms in total. The first kappa shape index (κ1) is 11.9. The monoisotopic (exact) mass is 232 g/mol. The predicted molar refractivity (Wildman–Crippen MR) is 68.5 cm³/mol. The third-order valence-electron chi connectivity index (χ3n) is 2.93. The molecule has 1 atom stereocenters. The van der Waals surface area contributed by atoms with E-state index in [0.717, 1.165) is 12.8 Å². The van der Waals surface area contributed by atoms with Gasteiger partial charge in [-0.25, -0.2) is 4.39 Å². The van der Waals surface area contributed by atoms with E-state index in [1.807, 2.05) is 0 Å². The molecule has 0 saturated heterocycles. The minimum atomic E-state index is -0.261. The van der Waals surface area contributed by atoms with Gasteiger partial charge in [0.05, 0.1) is 0 Å². The Kier molecular flexibility index (Phi) is 3.97. The molecule has 2 rings (SSSR count). The maximum atomic E-state index is 13.1. The number of rotatable bonds is 3. The van der Waals surface area contributed by atoms with E-state index in [4.69, 9.17) is 4.74 Å². The summed E-state index contributed by atoms with van der Waals surface area (Å²) in [4.78, 5) is 0. The minimum Gasteiger partial charge on any atom is -0.486 e. The molecule has 1 aliphatic rings. The first-order valence-corrected chi connectivity index (χ1v) is 6.05. The van der Waals surface area contributed by atoms with Gasteiger partial charge in [0.1, 0.15) is 17.7 Å². The normalized spacial score (nSPS) is 19.7. The summed E-state index contributed by atoms with van der Waals surface area (Å²) in [7, 11) is 0. The van der Waals surface area contributed by atoms with Crippen molar-refractivity contribution in [1.29, 1.82) is 0 Å². The lowest BCUT2D eigenvalue weighted by Gasteiger charge is -2.16. The Hall–Kier alpha value is -1.57. The fraction of sp³-hybridized carbons (Fsp3) is 0.333. The van der Waals surface area contributed by atoms with Crippen molar-refractivity contribution >= 4 is 6.08 Å². The van der Waals surface area contributed by atoms with Crippen LogP contribution in [0.25, 0.3) is 6.08 Å². The number of halogens is 1. The zero-order valence-corrected chi connectivity index (χ0v) is 9.86. The summed E-state index contributed by atoms with van der Waals surface area (Å²) < 4.78 is 18.9. The third kappa shape index (κ3) is 3.19. The van der Waals surface area contributed by atoms with Crippen molar-refractivity contribution in [2.45, 2.75) is 31.8 Å². The summed E-state index contributed by atoms with van der Waals surface area (Å²) in [5, 5.41) is 0. The van der Waals surface area contributed by atoms with Gasteiger partial charge in [-0.2, -0.15) is 0 Å². The van der Waals surface area contributed by atoms with E-state index in [2.05, 4.69) is 18.7 Å². The molecule has 17 heavy (non-hydrogen) atoms. The Labute approximate surface area is 102 Å². The van der Waals surface area contributed by atoms with Gasteiger partial charge >= 0.3 is 0 Å². The molecule has 0 bridgehead atoms. The van der Waals surface area contributed by atoms with Crippen molar-refractivity contribution in [3.63, 3.8) is 0 Å². The van der Waals surface area contributed by atoms with Gasteiger partial charge in [-0.1, -0.05) is 18.7 Å². The van der Waals surface area contributed by atoms with Crippen LogP contribution >= 0.6 is 0 Å². The van der Waals surface area contributed by atoms with E-state index >= 15 is 0 Å². The lowest BCUT2D eigenvalue weighted by atomic mass is 10.1. The zero-order chi connectivity index (χ0) is 12.1. The molecule has 1 unspecified atom stereocenters. The maximum Gasteiger partial charge on any atom is 0.127 e. The Morgan fingerprint density at radius 3 is 3.06 bits per heavy atom. The van der Waals surface area contributed by atoms with Gasteiger partial charge in [0.15, 0.2) is 0 Å². The standard InChI is InChI=1S/C15H17FO/c1-2-12-11-13(16)9-10-15(12)17-14-7-5-3-4-6-8-14/h2,5,7,9-11,14H,1,3-4,6,8H2. The molecule has 1 aromatic carbocycles. The minimum absolute atomic E-state index is 0.0988. The van der Waals surface area contributed by atoms with Crippen LogP contribution in [0, 0.1) is 5.82 Å². The fourth-order valence-corrected chi connectivity index (χ4v) is 2.00. The van der Waals surface area contributed by atoms with E-state index in [1.165, 1.54) is 25.0 Å². The lowest BCUT2D eigenvalue weighted by Crippen LogP contribution is -2.13. The van der Waals surface area contributed by atoms with Crippen LogP contribution in [-0.2, 0) is 0 Å². The maximum absolute atomic E-state index is 13.1. The quantitative estimate of drug-likeness (QED) is 0.704. The molecule has 0 radical (unpaired) electrons. The van der Waals surface area contributed by atoms with Gasteiger partial charge in [-0.05, 0) is 50.0 Å². The van der Waals surface area contributed by atoms with Crippen LogP contribution in [0.2, 0.25) is 0 Å². The predicted octanol–water partition coefficient (Wildman–Crippen LogP) is 4.35. The summed E-state index contributed by atoms with van der Waals surface area (Å²) in [6.45, 7) is 3.68. The molecule has 0 amide bonds. The molecule has 0 heterocycles. The van der Waals surface area contributed by atoms with Crippen LogP contribution < -0.4 is 4.74 Å². The summed E-state index contributed by atoms with van der Waals surface area (Å²) in [6.07, 6.45) is 10.5. The molecule has 90 valence electrons. The molecule has 1 aromatic rings. The molecule has 0 saturated carbocycles. The van der Waals surface area contributed by atoms with Gasteiger partial charge in [0, 0.05) is 5.56 Å². The van der Waals surface area contributed by atoms with Gasteiger partial charge in [-0.3, -0.25) is 0 Å². The molecule has 0 fully saturated rings. The van der Waals surface area contributed by atoms with Crippen LogP contribution in [-0.4, -0.2) is 6.10 Å². The molecule has 0 aromatic heterocycles. The molecular formula is C15H17FO. The Bertz CT molecular complexity index is 423. The van der Waals surface area contributed by atoms with Gasteiger partial charge in [0.25, 0.3) is 0 Å². The smallest absolute Gasteiger partial charge is 0.127 e. The van der Waals surface area contributed by atoms with Crippen LogP contribution in [0.3, 0.4) is 0 Å². The summed E-state index contributed by atoms with van der Waals surface area (Å²) >= 11 is 0. The third-order valence-corrected chi connectivity index (χ3v) is 2.93. The van der Waals surface area contributed by atoms with Crippen LogP contribution in [0.1, 0.15) is 31.2 Å². The molecule has 0 N–H and O–H groups in total. The lowest BCUT2D eigenvalue weighted by molar-refractivity contribution is 0.236. The summed E-state index contributed by atoms with van der Waals surface area (Å²) in [5.74, 6) is 0.446. The van der Waals surface area contributed by atoms with E-state index in [0.29, 0.717) is 11.3 Å². The number of hydrogen-bond donors (Lipinski definition) is 0. The van der Waals surface area contributed by atoms with Crippen molar-refractivity contribution in [2.24, 2.45) is 0 Å². The van der Waals surface area contributed by atoms with Crippen molar-refractivity contribution < 1.29 is 9.13 Å². The number of allylic oxidation sites excluding steroid dienone is 1. The molecule has 0 spiro atoms. The highest BCUT2D eigenvalue weighted by atomic mass is 19.1. The highest BCUT2D eigenvalue weighted by Gasteiger charge is 2.11. The number of ether oxygens (including phenoxy) is 1. The Balaban J connectivity index is 2.14. The number of benzene rings is 1. The molecular weight excluding hydrogens is 215 g/mol. The van der Waals surface area contributed by atoms with E-state index < -0.39 is 0 Å². The summed E-state index contributed by atoms with van der Waals surface area (Å²) in [5.41, 5.74) is 0.711. The topological polar surface area (TPSA) is 9.23 Å². The molecule has 2 heteroatoms. The van der Waals surface area contributed by atoms with Crippen molar-refractivity contribution in [1.82, 2.24) is 0 Å². The van der Waals surface area contributed by atoms with Crippen LogP contribution in [0.15, 0.2) is 36.9 Å². The second-order valence-corrected chi connectivity index (χ2v) is 4.26. The second kappa shape index (κ2) is 5.67. The zero-order valence-electron chi connectivity index (χ0n) is 9.86. The van der Waals surface area contributed by atoms with Gasteiger partial charge in [-0.15, -0.1) is 0 Å². The highest BCUT2D eigenvalue weighted by Crippen LogP contribution is 2.24. The highest BCUT2D eigenvalue weighted by molar-refractivity contribution is 5.55. The average molecular weight is 232 g/mol. The largest absolute Gasteiger partial charge is 0.486 e. The Morgan fingerprint density at radius 1 is 1.35 bits per heavy atom. The SMILES string of the molecule is C=Cc1cc(F)ccc1OC1C=CCCCC1. The van der Waals surface area contributed by atoms with Crippen LogP contribution in [0.4, 0.5) is 4.39 Å². The van der Waals surface area contributed by atoms with Gasteiger partial charge in [0.2, 0.25) is 0 Å². The first-order chi connectivity index (χ1) is 8.29. The molecule has 0 aliphatic heterocycles. The van der Waals surface area contributed by atoms with Crippen LogP contribution in [0.5, 0.6) is 5.75 Å². The number of hydrogen-bond acceptors (Lipinski definition) is 1. The first-order valence-electron chi connectivity index (χ1n) is 6.05. The summed E-state index contributed by atoms with van der Waals surface area (Å²) in [6, 6.07) is 4.54. The Morgan fingerprint density at radius 2 is 2.24 bits per heavy atom. The van der Waals surface area contributed by atoms with Gasteiger partial charge < -0.3 is 4.74 Å². The molecule has 1 aliphatic carbocycles. The average Bonchev–Trinajstić information content (AvgIpc) is 2.60. The second-order valence-electron chi connectivity index (χ2n) is 4.26. The van der Waals surface area contributed by atoms with E-state index in [9.17, 15) is 4.39 Å². The van der Waals surface area contributed by atoms with Crippen molar-refractivity contribution in [3.8, 4) is 5.75 Å².